The number of hydrogen-bond acceptors (Lipinski definition) is 3. The van der Waals surface area contributed by atoms with Gasteiger partial charge in [-0.2, -0.15) is 4.31 Å². The minimum atomic E-state index is -3.86. The first-order valence-electron chi connectivity index (χ1n) is 5.43. The summed E-state index contributed by atoms with van der Waals surface area (Å²) in [5.74, 6) is -0.772. The van der Waals surface area contributed by atoms with Crippen LogP contribution in [-0.4, -0.2) is 44.9 Å². The average molecular weight is 419 g/mol. The standard InChI is InChI=1S/C11H14Br2FNO3S/c1-18-7-6-15(5-4-12)19(16,17)11-3-2-9(13)8-10(11)14/h2-3,8H,4-7H2,1H3. The normalized spacial score (nSPS) is 12.1. The quantitative estimate of drug-likeness (QED) is 0.639. The third-order valence-corrected chi connectivity index (χ3v) is 5.17. The highest BCUT2D eigenvalue weighted by Gasteiger charge is 2.26. The number of halogens is 3. The molecular weight excluding hydrogens is 405 g/mol. The van der Waals surface area contributed by atoms with Gasteiger partial charge in [0.15, 0.2) is 0 Å². The van der Waals surface area contributed by atoms with Gasteiger partial charge < -0.3 is 4.74 Å². The molecule has 0 atom stereocenters. The van der Waals surface area contributed by atoms with Crippen molar-refractivity contribution in [1.29, 1.82) is 0 Å². The van der Waals surface area contributed by atoms with Crippen LogP contribution in [0.1, 0.15) is 0 Å². The van der Waals surface area contributed by atoms with Crippen molar-refractivity contribution in [3.63, 3.8) is 0 Å². The lowest BCUT2D eigenvalue weighted by Crippen LogP contribution is -2.35. The van der Waals surface area contributed by atoms with Gasteiger partial charge in [0.1, 0.15) is 10.7 Å². The van der Waals surface area contributed by atoms with Crippen LogP contribution in [0.15, 0.2) is 27.6 Å². The van der Waals surface area contributed by atoms with Crippen molar-refractivity contribution in [3.05, 3.63) is 28.5 Å². The molecule has 1 rings (SSSR count). The Labute approximate surface area is 129 Å². The fourth-order valence-corrected chi connectivity index (χ4v) is 3.93. The van der Waals surface area contributed by atoms with Crippen molar-refractivity contribution in [3.8, 4) is 0 Å². The molecular formula is C11H14Br2FNO3S. The van der Waals surface area contributed by atoms with Gasteiger partial charge in [0.25, 0.3) is 0 Å². The predicted octanol–water partition coefficient (Wildman–Crippen LogP) is 2.62. The number of methoxy groups -OCH3 is 1. The van der Waals surface area contributed by atoms with Crippen molar-refractivity contribution in [1.82, 2.24) is 4.31 Å². The minimum absolute atomic E-state index is 0.180. The summed E-state index contributed by atoms with van der Waals surface area (Å²) in [7, 11) is -2.37. The zero-order valence-corrected chi connectivity index (χ0v) is 14.3. The van der Waals surface area contributed by atoms with Gasteiger partial charge in [0, 0.05) is 30.0 Å². The van der Waals surface area contributed by atoms with Gasteiger partial charge in [-0.25, -0.2) is 12.8 Å². The van der Waals surface area contributed by atoms with Crippen molar-refractivity contribution < 1.29 is 17.5 Å². The Hall–Kier alpha value is -0.0200. The van der Waals surface area contributed by atoms with Crippen molar-refractivity contribution in [2.75, 3.05) is 32.1 Å². The van der Waals surface area contributed by atoms with Gasteiger partial charge in [-0.1, -0.05) is 31.9 Å². The molecule has 0 saturated carbocycles. The van der Waals surface area contributed by atoms with Crippen molar-refractivity contribution in [2.24, 2.45) is 0 Å². The molecule has 0 amide bonds. The number of alkyl halides is 1. The fourth-order valence-electron chi connectivity index (χ4n) is 1.46. The summed E-state index contributed by atoms with van der Waals surface area (Å²) in [6, 6.07) is 3.89. The Bertz CT molecular complexity index is 525. The average Bonchev–Trinajstić information content (AvgIpc) is 2.33. The van der Waals surface area contributed by atoms with E-state index in [1.54, 1.807) is 0 Å². The second-order valence-electron chi connectivity index (χ2n) is 3.66. The van der Waals surface area contributed by atoms with Gasteiger partial charge in [0.05, 0.1) is 6.61 Å². The van der Waals surface area contributed by atoms with E-state index in [-0.39, 0.29) is 24.6 Å². The number of benzene rings is 1. The Morgan fingerprint density at radius 1 is 1.37 bits per heavy atom. The van der Waals surface area contributed by atoms with Gasteiger partial charge in [-0.3, -0.25) is 0 Å². The first-order valence-corrected chi connectivity index (χ1v) is 8.79. The van der Waals surface area contributed by atoms with Crippen LogP contribution in [0.3, 0.4) is 0 Å². The molecule has 0 aliphatic carbocycles. The molecule has 4 nitrogen and oxygen atoms in total. The summed E-state index contributed by atoms with van der Waals surface area (Å²) in [5, 5.41) is 0.466. The van der Waals surface area contributed by atoms with Crippen LogP contribution in [0.25, 0.3) is 0 Å². The second-order valence-corrected chi connectivity index (χ2v) is 7.28. The molecule has 1 aromatic carbocycles. The van der Waals surface area contributed by atoms with Crippen LogP contribution in [-0.2, 0) is 14.8 Å². The van der Waals surface area contributed by atoms with Crippen molar-refractivity contribution in [2.45, 2.75) is 4.90 Å². The molecule has 0 bridgehead atoms. The number of ether oxygens (including phenoxy) is 1. The SMILES string of the molecule is COCCN(CCBr)S(=O)(=O)c1ccc(Br)cc1F. The molecule has 0 saturated heterocycles. The zero-order valence-electron chi connectivity index (χ0n) is 10.3. The van der Waals surface area contributed by atoms with Gasteiger partial charge >= 0.3 is 0 Å². The van der Waals surface area contributed by atoms with E-state index in [9.17, 15) is 12.8 Å². The zero-order chi connectivity index (χ0) is 14.5. The lowest BCUT2D eigenvalue weighted by molar-refractivity contribution is 0.180. The van der Waals surface area contributed by atoms with Crippen molar-refractivity contribution >= 4 is 41.9 Å². The monoisotopic (exact) mass is 417 g/mol. The van der Waals surface area contributed by atoms with E-state index < -0.39 is 15.8 Å². The highest BCUT2D eigenvalue weighted by atomic mass is 79.9. The minimum Gasteiger partial charge on any atom is -0.383 e. The topological polar surface area (TPSA) is 46.6 Å². The summed E-state index contributed by atoms with van der Waals surface area (Å²) in [6.07, 6.45) is 0. The first-order chi connectivity index (χ1) is 8.93. The molecule has 0 radical (unpaired) electrons. The van der Waals surface area contributed by atoms with E-state index in [0.717, 1.165) is 6.07 Å². The van der Waals surface area contributed by atoms with Crippen LogP contribution in [0.4, 0.5) is 4.39 Å². The lowest BCUT2D eigenvalue weighted by Gasteiger charge is -2.21. The number of hydrogen-bond donors (Lipinski definition) is 0. The molecule has 108 valence electrons. The van der Waals surface area contributed by atoms with E-state index in [1.165, 1.54) is 23.5 Å². The number of sulfonamides is 1. The highest BCUT2D eigenvalue weighted by Crippen LogP contribution is 2.22. The maximum atomic E-state index is 13.8. The smallest absolute Gasteiger partial charge is 0.246 e. The largest absolute Gasteiger partial charge is 0.383 e. The molecule has 0 aromatic heterocycles. The molecule has 0 unspecified atom stereocenters. The molecule has 0 N–H and O–H groups in total. The molecule has 1 aromatic rings. The Morgan fingerprint density at radius 3 is 2.58 bits per heavy atom. The maximum absolute atomic E-state index is 13.8. The van der Waals surface area contributed by atoms with Gasteiger partial charge in [-0.05, 0) is 18.2 Å². The van der Waals surface area contributed by atoms with Gasteiger partial charge in [0.2, 0.25) is 10.0 Å². The Kier molecular flexibility index (Phi) is 6.89. The summed E-state index contributed by atoms with van der Waals surface area (Å²) in [5.41, 5.74) is 0. The van der Waals surface area contributed by atoms with Gasteiger partial charge in [-0.15, -0.1) is 0 Å². The van der Waals surface area contributed by atoms with Crippen LogP contribution in [0.2, 0.25) is 0 Å². The summed E-state index contributed by atoms with van der Waals surface area (Å²) in [6.45, 7) is 0.686. The third-order valence-electron chi connectivity index (χ3n) is 2.39. The van der Waals surface area contributed by atoms with Crippen LogP contribution in [0.5, 0.6) is 0 Å². The number of rotatable bonds is 7. The Morgan fingerprint density at radius 2 is 2.05 bits per heavy atom. The molecule has 19 heavy (non-hydrogen) atoms. The lowest BCUT2D eigenvalue weighted by atomic mass is 10.3. The molecule has 8 heteroatoms. The predicted molar refractivity (Wildman–Crippen MR) is 78.5 cm³/mol. The first kappa shape index (κ1) is 17.0. The van der Waals surface area contributed by atoms with E-state index in [0.29, 0.717) is 9.80 Å². The summed E-state index contributed by atoms with van der Waals surface area (Å²) < 4.78 is 45.1. The molecule has 0 spiro atoms. The van der Waals surface area contributed by atoms with Crippen LogP contribution < -0.4 is 0 Å². The summed E-state index contributed by atoms with van der Waals surface area (Å²) in [4.78, 5) is -0.326. The molecule has 0 aliphatic heterocycles. The molecule has 0 heterocycles. The maximum Gasteiger partial charge on any atom is 0.246 e. The van der Waals surface area contributed by atoms with E-state index in [4.69, 9.17) is 4.74 Å². The van der Waals surface area contributed by atoms with E-state index in [2.05, 4.69) is 31.9 Å². The van der Waals surface area contributed by atoms with E-state index >= 15 is 0 Å². The second kappa shape index (κ2) is 7.68. The summed E-state index contributed by atoms with van der Waals surface area (Å²) >= 11 is 6.29. The van der Waals surface area contributed by atoms with E-state index in [1.807, 2.05) is 0 Å². The highest BCUT2D eigenvalue weighted by molar-refractivity contribution is 9.10. The number of nitrogens with zero attached hydrogens (tertiary/aromatic N) is 1. The van der Waals surface area contributed by atoms with Crippen LogP contribution >= 0.6 is 31.9 Å². The Balaban J connectivity index is 3.11. The third kappa shape index (κ3) is 4.49. The fraction of sp³-hybridized carbons (Fsp3) is 0.455. The molecule has 0 fully saturated rings. The van der Waals surface area contributed by atoms with Crippen LogP contribution in [0, 0.1) is 5.82 Å². The molecule has 0 aliphatic rings.